The smallest absolute Gasteiger partial charge is 0.408 e. The topological polar surface area (TPSA) is 154 Å². The first-order chi connectivity index (χ1) is 20.1. The van der Waals surface area contributed by atoms with Crippen molar-refractivity contribution in [2.45, 2.75) is 78.2 Å². The largest absolute Gasteiger partial charge is 0.465 e. The second-order valence-corrected chi connectivity index (χ2v) is 12.5. The lowest BCUT2D eigenvalue weighted by molar-refractivity contribution is -0.141. The van der Waals surface area contributed by atoms with Crippen molar-refractivity contribution >= 4 is 29.6 Å². The highest BCUT2D eigenvalue weighted by Crippen LogP contribution is 2.30. The number of anilines is 1. The highest BCUT2D eigenvalue weighted by atomic mass is 16.6. The number of amides is 3. The van der Waals surface area contributed by atoms with Gasteiger partial charge in [-0.25, -0.2) is 9.59 Å². The van der Waals surface area contributed by atoms with Crippen LogP contribution in [0.25, 0.3) is 10.4 Å². The third-order valence-electron chi connectivity index (χ3n) is 6.89. The molecule has 0 aliphatic carbocycles. The molecule has 1 heterocycles. The van der Waals surface area contributed by atoms with Crippen molar-refractivity contribution in [2.24, 2.45) is 10.5 Å². The van der Waals surface area contributed by atoms with E-state index in [0.717, 1.165) is 5.56 Å². The normalized spacial score (nSPS) is 17.3. The lowest BCUT2D eigenvalue weighted by Gasteiger charge is -2.37. The zero-order valence-electron chi connectivity index (χ0n) is 25.7. The number of carbonyl (C=O) groups is 4. The second kappa shape index (κ2) is 13.6. The molecule has 3 rings (SSSR count). The van der Waals surface area contributed by atoms with Crippen LogP contribution in [-0.4, -0.2) is 66.2 Å². The summed E-state index contributed by atoms with van der Waals surface area (Å²) in [6.07, 6.45) is -0.658. The molecule has 3 amide bonds. The fourth-order valence-electron chi connectivity index (χ4n) is 4.83. The van der Waals surface area contributed by atoms with Gasteiger partial charge in [-0.1, -0.05) is 56.2 Å². The number of alkyl carbamates (subject to hydrolysis) is 1. The standard InChI is InChI=1S/C31H40N6O6/c1-30(2,3)25(33-29(41)43-31(4,5)6)27(39)37-19-22(34-35-32)17-24(37)26(38)36(18-20-11-9-8-10-12-20)23-15-13-21(14-16-23)28(40)42-7/h8-16,22,24-25H,17-19H2,1-7H3,(H,33,41)/t22-,24-,25+/m0/s1. The molecule has 0 radical (unpaired) electrons. The Hall–Kier alpha value is -4.57. The molecule has 2 aromatic carbocycles. The van der Waals surface area contributed by atoms with E-state index in [-0.39, 0.29) is 19.5 Å². The van der Waals surface area contributed by atoms with Gasteiger partial charge in [0.05, 0.1) is 25.3 Å². The summed E-state index contributed by atoms with van der Waals surface area (Å²) < 4.78 is 10.2. The Morgan fingerprint density at radius 2 is 1.67 bits per heavy atom. The van der Waals surface area contributed by atoms with Crippen molar-refractivity contribution in [3.63, 3.8) is 0 Å². The van der Waals surface area contributed by atoms with Gasteiger partial charge in [0, 0.05) is 17.1 Å². The van der Waals surface area contributed by atoms with Gasteiger partial charge in [-0.2, -0.15) is 0 Å². The van der Waals surface area contributed by atoms with Crippen LogP contribution in [0.4, 0.5) is 10.5 Å². The molecule has 12 nitrogen and oxygen atoms in total. The van der Waals surface area contributed by atoms with Gasteiger partial charge in [-0.3, -0.25) is 9.59 Å². The fourth-order valence-corrected chi connectivity index (χ4v) is 4.83. The van der Waals surface area contributed by atoms with Crippen LogP contribution in [0.15, 0.2) is 59.7 Å². The van der Waals surface area contributed by atoms with E-state index in [2.05, 4.69) is 15.3 Å². The molecular weight excluding hydrogens is 552 g/mol. The van der Waals surface area contributed by atoms with Gasteiger partial charge in [-0.15, -0.1) is 0 Å². The van der Waals surface area contributed by atoms with Gasteiger partial charge in [0.25, 0.3) is 0 Å². The molecule has 0 aromatic heterocycles. The Morgan fingerprint density at radius 1 is 1.05 bits per heavy atom. The molecule has 0 spiro atoms. The van der Waals surface area contributed by atoms with Crippen LogP contribution in [0.1, 0.15) is 63.9 Å². The molecule has 0 bridgehead atoms. The lowest BCUT2D eigenvalue weighted by Crippen LogP contribution is -2.58. The summed E-state index contributed by atoms with van der Waals surface area (Å²) in [5.41, 5.74) is 9.30. The summed E-state index contributed by atoms with van der Waals surface area (Å²) in [4.78, 5) is 59.1. The third-order valence-corrected chi connectivity index (χ3v) is 6.89. The molecule has 1 saturated heterocycles. The zero-order chi connectivity index (χ0) is 31.9. The number of nitrogens with zero attached hydrogens (tertiary/aromatic N) is 5. The van der Waals surface area contributed by atoms with Crippen molar-refractivity contribution in [1.82, 2.24) is 10.2 Å². The van der Waals surface area contributed by atoms with E-state index in [1.807, 2.05) is 30.3 Å². The molecule has 2 aromatic rings. The SMILES string of the molecule is COC(=O)c1ccc(N(Cc2ccccc2)C(=O)[C@@H]2C[C@H](N=[N+]=[N-])CN2C(=O)[C@@H](NC(=O)OC(C)(C)C)C(C)(C)C)cc1. The fraction of sp³-hybridized carbons (Fsp3) is 0.484. The van der Waals surface area contributed by atoms with E-state index in [4.69, 9.17) is 15.0 Å². The Kier molecular flexibility index (Phi) is 10.4. The molecule has 230 valence electrons. The Labute approximate surface area is 251 Å². The third kappa shape index (κ3) is 8.71. The van der Waals surface area contributed by atoms with Gasteiger partial charge in [0.2, 0.25) is 11.8 Å². The van der Waals surface area contributed by atoms with Crippen LogP contribution in [0, 0.1) is 5.41 Å². The molecule has 43 heavy (non-hydrogen) atoms. The van der Waals surface area contributed by atoms with Gasteiger partial charge < -0.3 is 24.6 Å². The van der Waals surface area contributed by atoms with E-state index >= 15 is 0 Å². The number of ether oxygens (including phenoxy) is 2. The number of benzene rings is 2. The van der Waals surface area contributed by atoms with Crippen molar-refractivity contribution in [3.8, 4) is 0 Å². The second-order valence-electron chi connectivity index (χ2n) is 12.5. The summed E-state index contributed by atoms with van der Waals surface area (Å²) in [6, 6.07) is 13.1. The van der Waals surface area contributed by atoms with E-state index < -0.39 is 53.0 Å². The Bertz CT molecular complexity index is 1360. The van der Waals surface area contributed by atoms with Crippen molar-refractivity contribution in [1.29, 1.82) is 0 Å². The molecule has 1 fully saturated rings. The quantitative estimate of drug-likeness (QED) is 0.192. The molecule has 0 saturated carbocycles. The van der Waals surface area contributed by atoms with Crippen LogP contribution in [0.5, 0.6) is 0 Å². The average Bonchev–Trinajstić information content (AvgIpc) is 3.37. The van der Waals surface area contributed by atoms with Crippen LogP contribution >= 0.6 is 0 Å². The van der Waals surface area contributed by atoms with Gasteiger partial charge in [0.15, 0.2) is 0 Å². The van der Waals surface area contributed by atoms with Crippen LogP contribution in [-0.2, 0) is 25.6 Å². The van der Waals surface area contributed by atoms with Gasteiger partial charge in [-0.05, 0) is 68.0 Å². The monoisotopic (exact) mass is 592 g/mol. The molecule has 0 unspecified atom stereocenters. The maximum Gasteiger partial charge on any atom is 0.408 e. The Balaban J connectivity index is 2.01. The van der Waals surface area contributed by atoms with Crippen LogP contribution in [0.3, 0.4) is 0 Å². The number of likely N-dealkylation sites (tertiary alicyclic amines) is 1. The number of hydrogen-bond acceptors (Lipinski definition) is 7. The summed E-state index contributed by atoms with van der Waals surface area (Å²) in [5, 5.41) is 6.52. The number of carbonyl (C=O) groups excluding carboxylic acids is 4. The summed E-state index contributed by atoms with van der Waals surface area (Å²) in [6.45, 7) is 10.8. The number of methoxy groups -OCH3 is 1. The van der Waals surface area contributed by atoms with Crippen molar-refractivity contribution < 1.29 is 28.7 Å². The minimum Gasteiger partial charge on any atom is -0.465 e. The predicted octanol–water partition coefficient (Wildman–Crippen LogP) is 5.23. The molecule has 1 aliphatic rings. The van der Waals surface area contributed by atoms with Crippen LogP contribution < -0.4 is 10.2 Å². The number of rotatable bonds is 8. The lowest BCUT2D eigenvalue weighted by atomic mass is 9.85. The van der Waals surface area contributed by atoms with Gasteiger partial charge >= 0.3 is 12.1 Å². The molecular formula is C31H40N6O6. The first-order valence-electron chi connectivity index (χ1n) is 14.0. The highest BCUT2D eigenvalue weighted by Gasteiger charge is 2.46. The summed E-state index contributed by atoms with van der Waals surface area (Å²) >= 11 is 0. The zero-order valence-corrected chi connectivity index (χ0v) is 25.7. The van der Waals surface area contributed by atoms with E-state index in [1.54, 1.807) is 65.8 Å². The highest BCUT2D eigenvalue weighted by molar-refractivity contribution is 6.01. The molecule has 3 atom stereocenters. The average molecular weight is 593 g/mol. The first kappa shape index (κ1) is 32.9. The number of esters is 1. The summed E-state index contributed by atoms with van der Waals surface area (Å²) in [5.74, 6) is -1.40. The first-order valence-corrected chi connectivity index (χ1v) is 14.0. The number of hydrogen-bond donors (Lipinski definition) is 1. The van der Waals surface area contributed by atoms with Crippen molar-refractivity contribution in [3.05, 3.63) is 76.2 Å². The minimum absolute atomic E-state index is 0.00232. The molecule has 1 aliphatic heterocycles. The van der Waals surface area contributed by atoms with E-state index in [9.17, 15) is 19.2 Å². The van der Waals surface area contributed by atoms with E-state index in [1.165, 1.54) is 16.9 Å². The maximum absolute atomic E-state index is 14.4. The minimum atomic E-state index is -1.04. The predicted molar refractivity (Wildman–Crippen MR) is 161 cm³/mol. The molecule has 1 N–H and O–H groups in total. The number of nitrogens with one attached hydrogen (secondary N) is 1. The molecule has 12 heteroatoms. The number of azide groups is 1. The summed E-state index contributed by atoms with van der Waals surface area (Å²) in [7, 11) is 1.29. The van der Waals surface area contributed by atoms with Gasteiger partial charge in [0.1, 0.15) is 17.7 Å². The van der Waals surface area contributed by atoms with E-state index in [0.29, 0.717) is 11.3 Å². The Morgan fingerprint density at radius 3 is 2.21 bits per heavy atom. The maximum atomic E-state index is 14.4. The van der Waals surface area contributed by atoms with Crippen molar-refractivity contribution in [2.75, 3.05) is 18.6 Å². The van der Waals surface area contributed by atoms with Crippen LogP contribution in [0.2, 0.25) is 0 Å².